The standard InChI is InChI=1S/C31H37ClN4O5/c32-22-5-7-23(8-6-22)33-31-34-27-13-2-20(16-28(27)41-31)17-29(37)36-24(18-35-14-1-15-35)9-10-25(36)19-40-26-11-3-21(4-12-26)30(38)39/h2,5-8,13,16,21,24-26H,1,3-4,9-12,14-15,17-19H2,(H,33,34)(H,38,39)/t21?,24-,25-,26?/m0/s1. The van der Waals surface area contributed by atoms with Crippen molar-refractivity contribution in [2.24, 2.45) is 5.92 Å². The number of carbonyl (C=O) groups excluding carboxylic acids is 1. The van der Waals surface area contributed by atoms with E-state index in [0.717, 1.165) is 62.1 Å². The monoisotopic (exact) mass is 580 g/mol. The highest BCUT2D eigenvalue weighted by Crippen LogP contribution is 2.31. The maximum atomic E-state index is 13.8. The van der Waals surface area contributed by atoms with Crippen molar-refractivity contribution in [2.45, 2.75) is 69.6 Å². The number of benzene rings is 2. The van der Waals surface area contributed by atoms with E-state index in [1.54, 1.807) is 12.1 Å². The van der Waals surface area contributed by atoms with E-state index in [-0.39, 0.29) is 36.4 Å². The Morgan fingerprint density at radius 3 is 2.49 bits per heavy atom. The van der Waals surface area contributed by atoms with Crippen molar-refractivity contribution in [3.63, 3.8) is 0 Å². The number of amides is 1. The molecule has 41 heavy (non-hydrogen) atoms. The third-order valence-electron chi connectivity index (χ3n) is 8.78. The number of halogens is 1. The van der Waals surface area contributed by atoms with Gasteiger partial charge in [0.15, 0.2) is 5.58 Å². The number of fused-ring (bicyclic) bond motifs is 1. The fourth-order valence-electron chi connectivity index (χ4n) is 6.35. The molecule has 1 saturated carbocycles. The number of oxazole rings is 1. The number of aliphatic carboxylic acids is 1. The quantitative estimate of drug-likeness (QED) is 0.324. The summed E-state index contributed by atoms with van der Waals surface area (Å²) in [5.41, 5.74) is 3.06. The van der Waals surface area contributed by atoms with Gasteiger partial charge in [0, 0.05) is 23.3 Å². The van der Waals surface area contributed by atoms with Crippen molar-refractivity contribution in [1.29, 1.82) is 0 Å². The Kier molecular flexibility index (Phi) is 8.46. The lowest BCUT2D eigenvalue weighted by atomic mass is 9.87. The number of carboxylic acids is 1. The third kappa shape index (κ3) is 6.68. The fraction of sp³-hybridized carbons (Fsp3) is 0.516. The summed E-state index contributed by atoms with van der Waals surface area (Å²) in [6, 6.07) is 13.7. The second-order valence-electron chi connectivity index (χ2n) is 11.6. The van der Waals surface area contributed by atoms with Crippen LogP contribution in [-0.2, 0) is 20.7 Å². The predicted octanol–water partition coefficient (Wildman–Crippen LogP) is 5.49. The van der Waals surface area contributed by atoms with Gasteiger partial charge in [0.05, 0.1) is 31.1 Å². The van der Waals surface area contributed by atoms with Gasteiger partial charge in [0.2, 0.25) is 5.91 Å². The first-order chi connectivity index (χ1) is 19.9. The highest BCUT2D eigenvalue weighted by Gasteiger charge is 2.39. The molecule has 3 aliphatic rings. The highest BCUT2D eigenvalue weighted by atomic mass is 35.5. The Balaban J connectivity index is 1.11. The van der Waals surface area contributed by atoms with Gasteiger partial charge < -0.3 is 29.4 Å². The number of ether oxygens (including phenoxy) is 1. The smallest absolute Gasteiger partial charge is 0.306 e. The van der Waals surface area contributed by atoms with Crippen molar-refractivity contribution in [3.05, 3.63) is 53.1 Å². The summed E-state index contributed by atoms with van der Waals surface area (Å²) in [6.07, 6.45) is 6.32. The van der Waals surface area contributed by atoms with Crippen LogP contribution in [0.2, 0.25) is 5.02 Å². The summed E-state index contributed by atoms with van der Waals surface area (Å²) in [7, 11) is 0. The van der Waals surface area contributed by atoms with Crippen molar-refractivity contribution in [3.8, 4) is 0 Å². The molecule has 1 aliphatic carbocycles. The summed E-state index contributed by atoms with van der Waals surface area (Å²) >= 11 is 5.98. The molecule has 0 bridgehead atoms. The van der Waals surface area contributed by atoms with Crippen molar-refractivity contribution in [2.75, 3.05) is 31.6 Å². The van der Waals surface area contributed by atoms with E-state index < -0.39 is 5.97 Å². The first-order valence-electron chi connectivity index (χ1n) is 14.7. The molecule has 0 spiro atoms. The van der Waals surface area contributed by atoms with Crippen LogP contribution in [0.3, 0.4) is 0 Å². The number of hydrogen-bond donors (Lipinski definition) is 2. The zero-order valence-corrected chi connectivity index (χ0v) is 23.9. The molecule has 2 saturated heterocycles. The first-order valence-corrected chi connectivity index (χ1v) is 15.1. The number of hydrogen-bond acceptors (Lipinski definition) is 7. The minimum absolute atomic E-state index is 0.0372. The van der Waals surface area contributed by atoms with E-state index in [2.05, 4.69) is 20.1 Å². The molecule has 2 aliphatic heterocycles. The minimum Gasteiger partial charge on any atom is -0.481 e. The number of nitrogens with zero attached hydrogens (tertiary/aromatic N) is 3. The zero-order chi connectivity index (χ0) is 28.3. The minimum atomic E-state index is -0.706. The van der Waals surface area contributed by atoms with Gasteiger partial charge in [-0.25, -0.2) is 0 Å². The number of aromatic nitrogens is 1. The molecule has 6 rings (SSSR count). The SMILES string of the molecule is O=C(O)C1CCC(OC[C@@H]2CC[C@@H](CN3CCC3)N2C(=O)Cc2ccc3nc(Nc4ccc(Cl)cc4)oc3c2)CC1. The van der Waals surface area contributed by atoms with E-state index in [9.17, 15) is 14.7 Å². The topological polar surface area (TPSA) is 108 Å². The van der Waals surface area contributed by atoms with Crippen molar-refractivity contribution >= 4 is 46.3 Å². The van der Waals surface area contributed by atoms with Crippen LogP contribution in [0, 0.1) is 5.92 Å². The number of nitrogens with one attached hydrogen (secondary N) is 1. The number of likely N-dealkylation sites (tertiary alicyclic amines) is 2. The Morgan fingerprint density at radius 2 is 1.78 bits per heavy atom. The van der Waals surface area contributed by atoms with Crippen LogP contribution in [0.5, 0.6) is 0 Å². The molecule has 2 N–H and O–H groups in total. The zero-order valence-electron chi connectivity index (χ0n) is 23.1. The summed E-state index contributed by atoms with van der Waals surface area (Å²) in [4.78, 5) is 34.2. The maximum absolute atomic E-state index is 13.8. The molecule has 218 valence electrons. The molecule has 1 amide bonds. The van der Waals surface area contributed by atoms with E-state index in [1.165, 1.54) is 6.42 Å². The van der Waals surface area contributed by atoms with Crippen LogP contribution in [0.1, 0.15) is 50.5 Å². The lowest BCUT2D eigenvalue weighted by molar-refractivity contribution is -0.144. The average Bonchev–Trinajstić information content (AvgIpc) is 3.54. The summed E-state index contributed by atoms with van der Waals surface area (Å²) in [5.74, 6) is -0.858. The molecule has 10 heteroatoms. The van der Waals surface area contributed by atoms with Crippen LogP contribution >= 0.6 is 11.6 Å². The second-order valence-corrected chi connectivity index (χ2v) is 12.1. The first kappa shape index (κ1) is 28.0. The molecule has 3 aromatic rings. The van der Waals surface area contributed by atoms with Gasteiger partial charge in [-0.1, -0.05) is 17.7 Å². The molecule has 3 fully saturated rings. The molecule has 0 radical (unpaired) electrons. The number of rotatable bonds is 10. The fourth-order valence-corrected chi connectivity index (χ4v) is 6.48. The number of anilines is 2. The van der Waals surface area contributed by atoms with Crippen LogP contribution < -0.4 is 5.32 Å². The normalized spacial score (nSPS) is 24.9. The van der Waals surface area contributed by atoms with E-state index in [0.29, 0.717) is 36.1 Å². The number of carboxylic acid groups (broad SMARTS) is 1. The number of carbonyl (C=O) groups is 2. The van der Waals surface area contributed by atoms with Crippen molar-refractivity contribution < 1.29 is 23.8 Å². The lowest BCUT2D eigenvalue weighted by Crippen LogP contribution is -2.51. The molecule has 1 aromatic heterocycles. The summed E-state index contributed by atoms with van der Waals surface area (Å²) in [5, 5.41) is 13.1. The molecule has 2 aromatic carbocycles. The highest BCUT2D eigenvalue weighted by molar-refractivity contribution is 6.30. The Morgan fingerprint density at radius 1 is 1.02 bits per heavy atom. The van der Waals surface area contributed by atoms with Gasteiger partial charge in [0.1, 0.15) is 5.52 Å². The van der Waals surface area contributed by atoms with Crippen LogP contribution in [0.15, 0.2) is 46.9 Å². The largest absolute Gasteiger partial charge is 0.481 e. The van der Waals surface area contributed by atoms with Gasteiger partial charge in [-0.15, -0.1) is 0 Å². The maximum Gasteiger partial charge on any atom is 0.306 e. The molecule has 2 atom stereocenters. The Hall–Kier alpha value is -3.14. The van der Waals surface area contributed by atoms with E-state index in [1.807, 2.05) is 30.3 Å². The van der Waals surface area contributed by atoms with Gasteiger partial charge in [-0.2, -0.15) is 4.98 Å². The average molecular weight is 581 g/mol. The molecular weight excluding hydrogens is 544 g/mol. The van der Waals surface area contributed by atoms with Gasteiger partial charge in [-0.05, 0) is 100.0 Å². The van der Waals surface area contributed by atoms with Gasteiger partial charge in [0.25, 0.3) is 6.01 Å². The second kappa shape index (κ2) is 12.4. The van der Waals surface area contributed by atoms with E-state index in [4.69, 9.17) is 20.8 Å². The molecule has 9 nitrogen and oxygen atoms in total. The molecule has 3 heterocycles. The molecule has 0 unspecified atom stereocenters. The van der Waals surface area contributed by atoms with Crippen LogP contribution in [0.4, 0.5) is 11.7 Å². The van der Waals surface area contributed by atoms with E-state index >= 15 is 0 Å². The van der Waals surface area contributed by atoms with Crippen LogP contribution in [-0.4, -0.2) is 76.2 Å². The third-order valence-corrected chi connectivity index (χ3v) is 9.03. The summed E-state index contributed by atoms with van der Waals surface area (Å²) < 4.78 is 12.2. The lowest BCUT2D eigenvalue weighted by Gasteiger charge is -2.38. The van der Waals surface area contributed by atoms with Crippen LogP contribution in [0.25, 0.3) is 11.1 Å². The van der Waals surface area contributed by atoms with Gasteiger partial charge in [-0.3, -0.25) is 9.59 Å². The Bertz CT molecular complexity index is 1370. The predicted molar refractivity (Wildman–Crippen MR) is 156 cm³/mol. The van der Waals surface area contributed by atoms with Crippen molar-refractivity contribution in [1.82, 2.24) is 14.8 Å². The van der Waals surface area contributed by atoms with Gasteiger partial charge >= 0.3 is 5.97 Å². The Labute approximate surface area is 244 Å². The molecular formula is C31H37ClN4O5. The summed E-state index contributed by atoms with van der Waals surface area (Å²) in [6.45, 7) is 3.61.